The first-order valence-corrected chi connectivity index (χ1v) is 3.04. The number of carbonyl (C=O) groups is 1. The molecular formula is C7H5N4O2+. The molecule has 0 saturated heterocycles. The predicted octanol–water partition coefficient (Wildman–Crippen LogP) is 0.281. The van der Waals surface area contributed by atoms with E-state index in [9.17, 15) is 4.79 Å². The number of hydroxylamine groups is 3. The molecule has 13 heavy (non-hydrogen) atoms. The molecule has 0 spiro atoms. The maximum atomic E-state index is 10.8. The van der Waals surface area contributed by atoms with Gasteiger partial charge in [0.15, 0.2) is 4.65 Å². The summed E-state index contributed by atoms with van der Waals surface area (Å²) < 4.78 is -1.70. The highest BCUT2D eigenvalue weighted by atomic mass is 16.7. The zero-order valence-electron chi connectivity index (χ0n) is 6.81. The van der Waals surface area contributed by atoms with Crippen LogP contribution >= 0.6 is 0 Å². The van der Waals surface area contributed by atoms with Gasteiger partial charge < -0.3 is 0 Å². The topological polar surface area (TPSA) is 97.7 Å². The van der Waals surface area contributed by atoms with E-state index >= 15 is 0 Å². The van der Waals surface area contributed by atoms with E-state index in [-0.39, 0.29) is 5.57 Å². The first-order chi connectivity index (χ1) is 6.01. The van der Waals surface area contributed by atoms with E-state index in [1.165, 1.54) is 25.5 Å². The highest BCUT2D eigenvalue weighted by molar-refractivity contribution is 5.86. The van der Waals surface area contributed by atoms with Crippen molar-refractivity contribution in [3.05, 3.63) is 12.2 Å². The molecule has 0 aromatic heterocycles. The second-order valence-electron chi connectivity index (χ2n) is 2.07. The maximum absolute atomic E-state index is 10.8. The SMILES string of the molecule is C=C(C)C(=O)O[N+](C#N)(C#N)C#N. The van der Waals surface area contributed by atoms with Crippen molar-refractivity contribution in [1.82, 2.24) is 0 Å². The van der Waals surface area contributed by atoms with Crippen LogP contribution in [-0.4, -0.2) is 10.6 Å². The molecule has 6 nitrogen and oxygen atoms in total. The number of nitrogens with zero attached hydrogens (tertiary/aromatic N) is 4. The molecule has 0 saturated carbocycles. The number of nitriles is 3. The minimum atomic E-state index is -1.70. The third-order valence-electron chi connectivity index (χ3n) is 0.991. The zero-order valence-corrected chi connectivity index (χ0v) is 6.81. The molecule has 0 atom stereocenters. The van der Waals surface area contributed by atoms with Crippen LogP contribution in [0.5, 0.6) is 0 Å². The largest absolute Gasteiger partial charge is 0.397 e. The quantitative estimate of drug-likeness (QED) is 0.261. The number of hydrogen-bond acceptors (Lipinski definition) is 5. The average molecular weight is 177 g/mol. The lowest BCUT2D eigenvalue weighted by atomic mass is 10.4. The average Bonchev–Trinajstić information content (AvgIpc) is 2.14. The van der Waals surface area contributed by atoms with Crippen molar-refractivity contribution < 1.29 is 14.3 Å². The Morgan fingerprint density at radius 2 is 1.69 bits per heavy atom. The predicted molar refractivity (Wildman–Crippen MR) is 38.0 cm³/mol. The van der Waals surface area contributed by atoms with Crippen LogP contribution in [0, 0.1) is 34.4 Å². The lowest BCUT2D eigenvalue weighted by Gasteiger charge is -2.05. The molecule has 0 aliphatic heterocycles. The summed E-state index contributed by atoms with van der Waals surface area (Å²) in [6, 6.07) is 0. The van der Waals surface area contributed by atoms with Gasteiger partial charge in [0.05, 0.1) is 0 Å². The smallest absolute Gasteiger partial charge is 0.240 e. The molecule has 0 heterocycles. The number of carbonyl (C=O) groups excluding carboxylic acids is 1. The van der Waals surface area contributed by atoms with Gasteiger partial charge in [-0.05, 0) is 6.92 Å². The summed E-state index contributed by atoms with van der Waals surface area (Å²) in [4.78, 5) is 15.1. The number of rotatable bonds is 2. The highest BCUT2D eigenvalue weighted by Gasteiger charge is 2.37. The standard InChI is InChI=1S/C7H5N4O2/c1-6(2)7(12)13-11(3-8,4-9)5-10/h1H2,2H3/q+1. The minimum absolute atomic E-state index is 0.00301. The van der Waals surface area contributed by atoms with E-state index in [2.05, 4.69) is 11.4 Å². The van der Waals surface area contributed by atoms with Gasteiger partial charge in [0.1, 0.15) is 0 Å². The van der Waals surface area contributed by atoms with Gasteiger partial charge in [0.25, 0.3) is 0 Å². The molecule has 0 N–H and O–H groups in total. The number of hydrogen-bond donors (Lipinski definition) is 0. The fourth-order valence-corrected chi connectivity index (χ4v) is 0.331. The molecular weight excluding hydrogens is 172 g/mol. The van der Waals surface area contributed by atoms with E-state index in [4.69, 9.17) is 15.8 Å². The molecule has 64 valence electrons. The first-order valence-electron chi connectivity index (χ1n) is 3.04. The van der Waals surface area contributed by atoms with Crippen LogP contribution in [0.15, 0.2) is 12.2 Å². The van der Waals surface area contributed by atoms with E-state index in [1.807, 2.05) is 0 Å². The van der Waals surface area contributed by atoms with E-state index < -0.39 is 10.6 Å². The Labute approximate surface area is 74.6 Å². The van der Waals surface area contributed by atoms with Gasteiger partial charge in [-0.2, -0.15) is 0 Å². The van der Waals surface area contributed by atoms with E-state index in [0.29, 0.717) is 0 Å². The summed E-state index contributed by atoms with van der Waals surface area (Å²) in [6.45, 7) is 4.57. The Hall–Kier alpha value is -2.36. The summed E-state index contributed by atoms with van der Waals surface area (Å²) in [5.74, 6) is -0.968. The number of quaternary nitrogens is 1. The molecule has 0 aromatic carbocycles. The monoisotopic (exact) mass is 177 g/mol. The van der Waals surface area contributed by atoms with Gasteiger partial charge in [-0.15, -0.1) is 15.8 Å². The van der Waals surface area contributed by atoms with Crippen molar-refractivity contribution in [3.63, 3.8) is 0 Å². The van der Waals surface area contributed by atoms with Crippen molar-refractivity contribution in [1.29, 1.82) is 15.8 Å². The van der Waals surface area contributed by atoms with Crippen LogP contribution < -0.4 is 0 Å². The van der Waals surface area contributed by atoms with Gasteiger partial charge >= 0.3 is 24.5 Å². The lowest BCUT2D eigenvalue weighted by Crippen LogP contribution is -2.35. The van der Waals surface area contributed by atoms with Crippen LogP contribution in [0.4, 0.5) is 0 Å². The lowest BCUT2D eigenvalue weighted by molar-refractivity contribution is -0.928. The van der Waals surface area contributed by atoms with Gasteiger partial charge in [0.2, 0.25) is 0 Å². The summed E-state index contributed by atoms with van der Waals surface area (Å²) in [7, 11) is 0. The van der Waals surface area contributed by atoms with Gasteiger partial charge in [-0.25, -0.2) is 9.63 Å². The second-order valence-corrected chi connectivity index (χ2v) is 2.07. The highest BCUT2D eigenvalue weighted by Crippen LogP contribution is 2.05. The van der Waals surface area contributed by atoms with Crippen LogP contribution in [-0.2, 0) is 9.63 Å². The van der Waals surface area contributed by atoms with Crippen molar-refractivity contribution in [2.24, 2.45) is 0 Å². The fraction of sp³-hybridized carbons (Fsp3) is 0.143. The molecule has 0 unspecified atom stereocenters. The molecule has 0 aromatic rings. The van der Waals surface area contributed by atoms with Gasteiger partial charge in [-0.3, -0.25) is 0 Å². The summed E-state index contributed by atoms with van der Waals surface area (Å²) >= 11 is 0. The van der Waals surface area contributed by atoms with Crippen molar-refractivity contribution in [3.8, 4) is 18.6 Å². The van der Waals surface area contributed by atoms with Crippen LogP contribution in [0.25, 0.3) is 0 Å². The normalized spacial score (nSPS) is 8.77. The summed E-state index contributed by atoms with van der Waals surface area (Å²) in [5, 5.41) is 25.1. The summed E-state index contributed by atoms with van der Waals surface area (Å²) in [5.41, 5.74) is 0.00301. The van der Waals surface area contributed by atoms with Gasteiger partial charge in [-0.1, -0.05) is 6.58 Å². The Morgan fingerprint density at radius 3 is 1.92 bits per heavy atom. The molecule has 0 radical (unpaired) electrons. The minimum Gasteiger partial charge on any atom is -0.240 e. The molecule has 0 amide bonds. The Bertz CT molecular complexity index is 329. The Kier molecular flexibility index (Phi) is 3.17. The van der Waals surface area contributed by atoms with E-state index in [0.717, 1.165) is 0 Å². The van der Waals surface area contributed by atoms with Crippen molar-refractivity contribution >= 4 is 5.97 Å². The Balaban J connectivity index is 4.81. The maximum Gasteiger partial charge on any atom is 0.397 e. The molecule has 0 bridgehead atoms. The van der Waals surface area contributed by atoms with Crippen LogP contribution in [0.2, 0.25) is 0 Å². The third-order valence-corrected chi connectivity index (χ3v) is 0.991. The van der Waals surface area contributed by atoms with Gasteiger partial charge in [0, 0.05) is 5.57 Å². The van der Waals surface area contributed by atoms with Crippen LogP contribution in [0.3, 0.4) is 0 Å². The second kappa shape index (κ2) is 3.87. The van der Waals surface area contributed by atoms with Crippen LogP contribution in [0.1, 0.15) is 6.92 Å². The van der Waals surface area contributed by atoms with Crippen molar-refractivity contribution in [2.75, 3.05) is 0 Å². The van der Waals surface area contributed by atoms with E-state index in [1.54, 1.807) is 0 Å². The molecule has 6 heteroatoms. The molecule has 0 aliphatic carbocycles. The molecule has 0 aliphatic rings. The fourth-order valence-electron chi connectivity index (χ4n) is 0.331. The summed E-state index contributed by atoms with van der Waals surface area (Å²) in [6.07, 6.45) is 3.70. The molecule has 0 rings (SSSR count). The van der Waals surface area contributed by atoms with Crippen molar-refractivity contribution in [2.45, 2.75) is 6.92 Å². The zero-order chi connectivity index (χ0) is 10.5. The Morgan fingerprint density at radius 1 is 1.31 bits per heavy atom. The third kappa shape index (κ3) is 2.30. The first kappa shape index (κ1) is 10.6. The molecule has 0 fully saturated rings.